The van der Waals surface area contributed by atoms with E-state index in [1.165, 1.54) is 17.5 Å². The maximum atomic E-state index is 13.2. The van der Waals surface area contributed by atoms with Gasteiger partial charge in [-0.1, -0.05) is 24.3 Å². The first kappa shape index (κ1) is 22.0. The van der Waals surface area contributed by atoms with Crippen molar-refractivity contribution in [3.63, 3.8) is 0 Å². The lowest BCUT2D eigenvalue weighted by atomic mass is 9.92. The lowest BCUT2D eigenvalue weighted by molar-refractivity contribution is -0.121. The lowest BCUT2D eigenvalue weighted by Gasteiger charge is -2.36. The number of nitrogens with one attached hydrogen (secondary N) is 1. The minimum absolute atomic E-state index is 0.0692. The van der Waals surface area contributed by atoms with Gasteiger partial charge in [0.25, 0.3) is 0 Å². The number of nitrogens with zero attached hydrogens (tertiary/aromatic N) is 2. The Morgan fingerprint density at radius 3 is 2.35 bits per heavy atom. The van der Waals surface area contributed by atoms with Crippen LogP contribution >= 0.6 is 0 Å². The third kappa shape index (κ3) is 4.68. The molecule has 1 saturated heterocycles. The third-order valence-corrected chi connectivity index (χ3v) is 8.46. The second-order valence-electron chi connectivity index (χ2n) is 8.56. The Morgan fingerprint density at radius 2 is 1.65 bits per heavy atom. The molecule has 0 saturated carbocycles. The molecule has 2 aromatic carbocycles. The summed E-state index contributed by atoms with van der Waals surface area (Å²) in [4.78, 5) is 15.2. The molecule has 0 aromatic heterocycles. The first-order valence-corrected chi connectivity index (χ1v) is 12.5. The summed E-state index contributed by atoms with van der Waals surface area (Å²) in [5.41, 5.74) is 4.29. The maximum Gasteiger partial charge on any atom is 0.243 e. The number of piperazine rings is 1. The summed E-state index contributed by atoms with van der Waals surface area (Å²) in [6.07, 6.45) is 4.30. The Kier molecular flexibility index (Phi) is 6.46. The van der Waals surface area contributed by atoms with Gasteiger partial charge in [0.2, 0.25) is 15.9 Å². The molecule has 1 unspecified atom stereocenters. The number of rotatable bonds is 5. The third-order valence-electron chi connectivity index (χ3n) is 6.56. The molecule has 1 aliphatic heterocycles. The van der Waals surface area contributed by atoms with Crippen molar-refractivity contribution >= 4 is 21.6 Å². The van der Waals surface area contributed by atoms with Gasteiger partial charge in [-0.25, -0.2) is 8.42 Å². The highest BCUT2D eigenvalue weighted by Gasteiger charge is 2.32. The zero-order chi connectivity index (χ0) is 22.0. The first-order chi connectivity index (χ1) is 14.9. The number of fused-ring (bicyclic) bond motifs is 1. The summed E-state index contributed by atoms with van der Waals surface area (Å²) in [6.45, 7) is 5.69. The van der Waals surface area contributed by atoms with Crippen LogP contribution in [0.2, 0.25) is 0 Å². The van der Waals surface area contributed by atoms with Crippen LogP contribution in [0.1, 0.15) is 36.5 Å². The summed E-state index contributed by atoms with van der Waals surface area (Å²) < 4.78 is 27.9. The molecule has 31 heavy (non-hydrogen) atoms. The van der Waals surface area contributed by atoms with E-state index in [1.807, 2.05) is 55.1 Å². The fourth-order valence-electron chi connectivity index (χ4n) is 4.47. The fraction of sp³-hybridized carbons (Fsp3) is 0.458. The quantitative estimate of drug-likeness (QED) is 0.774. The Morgan fingerprint density at radius 1 is 0.968 bits per heavy atom. The molecule has 1 heterocycles. The summed E-state index contributed by atoms with van der Waals surface area (Å²) in [6, 6.07) is 13.0. The topological polar surface area (TPSA) is 69.7 Å². The van der Waals surface area contributed by atoms with Crippen molar-refractivity contribution in [1.29, 1.82) is 0 Å². The van der Waals surface area contributed by atoms with Crippen molar-refractivity contribution in [3.05, 3.63) is 59.2 Å². The van der Waals surface area contributed by atoms with Crippen molar-refractivity contribution in [2.24, 2.45) is 0 Å². The van der Waals surface area contributed by atoms with E-state index in [0.29, 0.717) is 31.1 Å². The lowest BCUT2D eigenvalue weighted by Crippen LogP contribution is -2.53. The Balaban J connectivity index is 1.38. The van der Waals surface area contributed by atoms with Gasteiger partial charge >= 0.3 is 0 Å². The maximum absolute atomic E-state index is 13.2. The minimum Gasteiger partial charge on any atom is -0.324 e. The van der Waals surface area contributed by atoms with Gasteiger partial charge in [0.05, 0.1) is 10.9 Å². The molecule has 166 valence electrons. The number of hydrogen-bond acceptors (Lipinski definition) is 4. The molecule has 6 nitrogen and oxygen atoms in total. The van der Waals surface area contributed by atoms with E-state index >= 15 is 0 Å². The molecule has 4 rings (SSSR count). The van der Waals surface area contributed by atoms with Crippen LogP contribution in [0.25, 0.3) is 0 Å². The van der Waals surface area contributed by atoms with Crippen molar-refractivity contribution < 1.29 is 13.2 Å². The largest absolute Gasteiger partial charge is 0.324 e. The van der Waals surface area contributed by atoms with Crippen LogP contribution in [-0.4, -0.2) is 55.8 Å². The van der Waals surface area contributed by atoms with Crippen molar-refractivity contribution in [3.8, 4) is 0 Å². The molecule has 2 aromatic rings. The first-order valence-electron chi connectivity index (χ1n) is 11.1. The van der Waals surface area contributed by atoms with Gasteiger partial charge in [0.1, 0.15) is 0 Å². The Bertz CT molecular complexity index is 1060. The van der Waals surface area contributed by atoms with Crippen LogP contribution in [0.3, 0.4) is 0 Å². The van der Waals surface area contributed by atoms with Crippen LogP contribution < -0.4 is 5.32 Å². The molecule has 1 aliphatic carbocycles. The molecule has 1 amide bonds. The monoisotopic (exact) mass is 441 g/mol. The molecule has 1 fully saturated rings. The Labute approximate surface area is 185 Å². The highest BCUT2D eigenvalue weighted by molar-refractivity contribution is 7.89. The number of aryl methyl sites for hydroxylation is 3. The zero-order valence-electron chi connectivity index (χ0n) is 18.3. The molecular formula is C24H31N3O3S. The van der Waals surface area contributed by atoms with Gasteiger partial charge in [-0.2, -0.15) is 4.31 Å². The van der Waals surface area contributed by atoms with Gasteiger partial charge in [-0.15, -0.1) is 0 Å². The smallest absolute Gasteiger partial charge is 0.243 e. The average molecular weight is 442 g/mol. The summed E-state index contributed by atoms with van der Waals surface area (Å²) in [5.74, 6) is -0.0692. The number of anilines is 1. The minimum atomic E-state index is -3.51. The van der Waals surface area contributed by atoms with Crippen molar-refractivity contribution in [2.75, 3.05) is 31.5 Å². The van der Waals surface area contributed by atoms with Crippen LogP contribution in [-0.2, 0) is 27.7 Å². The van der Waals surface area contributed by atoms with E-state index < -0.39 is 10.0 Å². The fourth-order valence-corrected chi connectivity index (χ4v) is 5.94. The molecule has 0 radical (unpaired) electrons. The molecule has 2 aliphatic rings. The van der Waals surface area contributed by atoms with Gasteiger partial charge in [0.15, 0.2) is 0 Å². The van der Waals surface area contributed by atoms with E-state index in [-0.39, 0.29) is 11.9 Å². The molecule has 7 heteroatoms. The standard InChI is InChI=1S/C24H31N3O3S/c1-18-7-3-6-10-23(18)25-24(28)19(2)26-13-15-27(16-14-26)31(29,30)22-12-11-20-8-4-5-9-21(20)17-22/h3,6-7,10-12,17,19H,4-5,8-9,13-16H2,1-2H3,(H,25,28). The van der Waals surface area contributed by atoms with Gasteiger partial charge in [0, 0.05) is 31.9 Å². The number of amides is 1. The average Bonchev–Trinajstić information content (AvgIpc) is 2.79. The van der Waals surface area contributed by atoms with E-state index in [1.54, 1.807) is 10.4 Å². The molecular weight excluding hydrogens is 410 g/mol. The van der Waals surface area contributed by atoms with Gasteiger partial charge in [-0.3, -0.25) is 9.69 Å². The molecule has 0 bridgehead atoms. The number of carbonyl (C=O) groups is 1. The number of sulfonamides is 1. The normalized spacial score (nSPS) is 18.9. The molecule has 0 spiro atoms. The summed E-state index contributed by atoms with van der Waals surface area (Å²) in [5, 5.41) is 2.99. The van der Waals surface area contributed by atoms with Gasteiger partial charge in [-0.05, 0) is 74.4 Å². The van der Waals surface area contributed by atoms with Gasteiger partial charge < -0.3 is 5.32 Å². The molecule has 1 N–H and O–H groups in total. The number of para-hydroxylation sites is 1. The predicted octanol–water partition coefficient (Wildman–Crippen LogP) is 3.21. The van der Waals surface area contributed by atoms with Crippen molar-refractivity contribution in [1.82, 2.24) is 9.21 Å². The highest BCUT2D eigenvalue weighted by atomic mass is 32.2. The van der Waals surface area contributed by atoms with E-state index in [0.717, 1.165) is 30.5 Å². The molecule has 1 atom stereocenters. The second-order valence-corrected chi connectivity index (χ2v) is 10.5. The van der Waals surface area contributed by atoms with E-state index in [9.17, 15) is 13.2 Å². The SMILES string of the molecule is Cc1ccccc1NC(=O)C(C)N1CCN(S(=O)(=O)c2ccc3c(c2)CCCC3)CC1. The van der Waals surface area contributed by atoms with Crippen LogP contribution in [0.5, 0.6) is 0 Å². The van der Waals surface area contributed by atoms with Crippen LogP contribution in [0.15, 0.2) is 47.4 Å². The number of hydrogen-bond donors (Lipinski definition) is 1. The summed E-state index contributed by atoms with van der Waals surface area (Å²) >= 11 is 0. The number of benzene rings is 2. The van der Waals surface area contributed by atoms with Crippen LogP contribution in [0, 0.1) is 6.92 Å². The van der Waals surface area contributed by atoms with E-state index in [2.05, 4.69) is 5.32 Å². The predicted molar refractivity (Wildman–Crippen MR) is 123 cm³/mol. The summed E-state index contributed by atoms with van der Waals surface area (Å²) in [7, 11) is -3.51. The highest BCUT2D eigenvalue weighted by Crippen LogP contribution is 2.26. The van der Waals surface area contributed by atoms with Crippen molar-refractivity contribution in [2.45, 2.75) is 50.5 Å². The Hall–Kier alpha value is -2.22. The van der Waals surface area contributed by atoms with E-state index in [4.69, 9.17) is 0 Å². The zero-order valence-corrected chi connectivity index (χ0v) is 19.1. The number of carbonyl (C=O) groups excluding carboxylic acids is 1. The van der Waals surface area contributed by atoms with Crippen LogP contribution in [0.4, 0.5) is 5.69 Å². The second kappa shape index (κ2) is 9.10.